The Kier molecular flexibility index (Phi) is 5.98. The fourth-order valence-electron chi connectivity index (χ4n) is 1.02. The molecule has 0 heterocycles. The Morgan fingerprint density at radius 3 is 2.50 bits per heavy atom. The Bertz CT molecular complexity index is 251. The number of hydrogen-bond acceptors (Lipinski definition) is 4. The molecule has 0 aromatic carbocycles. The Hall–Kier alpha value is -1.14. The quantitative estimate of drug-likeness (QED) is 0.470. The number of aliphatic hydroxyl groups is 1. The first-order valence-electron chi connectivity index (χ1n) is 5.24. The number of rotatable bonds is 7. The zero-order chi connectivity index (χ0) is 12.8. The van der Waals surface area contributed by atoms with Gasteiger partial charge in [-0.2, -0.15) is 0 Å². The van der Waals surface area contributed by atoms with Crippen molar-refractivity contribution in [1.29, 1.82) is 0 Å². The van der Waals surface area contributed by atoms with E-state index in [-0.39, 0.29) is 24.9 Å². The summed E-state index contributed by atoms with van der Waals surface area (Å²) in [5.74, 6) is -1.63. The van der Waals surface area contributed by atoms with Gasteiger partial charge < -0.3 is 21.3 Å². The maximum absolute atomic E-state index is 11.2. The highest BCUT2D eigenvalue weighted by Crippen LogP contribution is 2.02. The van der Waals surface area contributed by atoms with Gasteiger partial charge in [-0.1, -0.05) is 0 Å². The van der Waals surface area contributed by atoms with Crippen molar-refractivity contribution in [2.24, 2.45) is 5.73 Å². The van der Waals surface area contributed by atoms with Crippen LogP contribution in [0.3, 0.4) is 0 Å². The van der Waals surface area contributed by atoms with Gasteiger partial charge in [0.05, 0.1) is 6.54 Å². The van der Waals surface area contributed by atoms with E-state index in [4.69, 9.17) is 10.8 Å². The number of nitrogens with one attached hydrogen (secondary N) is 1. The van der Waals surface area contributed by atoms with Gasteiger partial charge in [0.25, 0.3) is 0 Å². The number of carboxylic acid groups (broad SMARTS) is 1. The summed E-state index contributed by atoms with van der Waals surface area (Å²) in [4.78, 5) is 21.8. The standard InChI is InChI=1S/C10H20N2O4/c1-7(11)4-3-5-8(13)12-6-10(2,16)9(14)15/h7,16H,3-6,11H2,1-2H3,(H,12,13)(H,14,15). The molecule has 0 aliphatic heterocycles. The third-order valence-electron chi connectivity index (χ3n) is 2.15. The van der Waals surface area contributed by atoms with Crippen LogP contribution in [-0.4, -0.2) is 40.3 Å². The third-order valence-corrected chi connectivity index (χ3v) is 2.15. The first-order chi connectivity index (χ1) is 7.25. The van der Waals surface area contributed by atoms with Crippen LogP contribution < -0.4 is 11.1 Å². The second kappa shape index (κ2) is 6.44. The minimum Gasteiger partial charge on any atom is -0.479 e. The van der Waals surface area contributed by atoms with Crippen LogP contribution >= 0.6 is 0 Å². The first-order valence-corrected chi connectivity index (χ1v) is 5.24. The summed E-state index contributed by atoms with van der Waals surface area (Å²) < 4.78 is 0. The minimum atomic E-state index is -1.92. The zero-order valence-electron chi connectivity index (χ0n) is 9.69. The van der Waals surface area contributed by atoms with Gasteiger partial charge in [0.1, 0.15) is 0 Å². The largest absolute Gasteiger partial charge is 0.479 e. The molecule has 0 rings (SSSR count). The second-order valence-electron chi connectivity index (χ2n) is 4.23. The molecule has 0 bridgehead atoms. The Morgan fingerprint density at radius 1 is 1.50 bits per heavy atom. The lowest BCUT2D eigenvalue weighted by molar-refractivity contribution is -0.156. The summed E-state index contributed by atoms with van der Waals surface area (Å²) in [7, 11) is 0. The van der Waals surface area contributed by atoms with Gasteiger partial charge in [0, 0.05) is 12.5 Å². The summed E-state index contributed by atoms with van der Waals surface area (Å²) in [6, 6.07) is 0.0509. The van der Waals surface area contributed by atoms with Crippen molar-refractivity contribution in [3.63, 3.8) is 0 Å². The van der Waals surface area contributed by atoms with Crippen LogP contribution in [0.2, 0.25) is 0 Å². The fourth-order valence-corrected chi connectivity index (χ4v) is 1.02. The average Bonchev–Trinajstić information content (AvgIpc) is 2.14. The molecule has 1 amide bonds. The highest BCUT2D eigenvalue weighted by Gasteiger charge is 2.29. The summed E-state index contributed by atoms with van der Waals surface area (Å²) >= 11 is 0. The van der Waals surface area contributed by atoms with E-state index in [1.807, 2.05) is 6.92 Å². The number of amides is 1. The van der Waals surface area contributed by atoms with Crippen molar-refractivity contribution in [1.82, 2.24) is 5.32 Å². The molecule has 0 aliphatic rings. The van der Waals surface area contributed by atoms with Crippen molar-refractivity contribution >= 4 is 11.9 Å². The van der Waals surface area contributed by atoms with E-state index in [0.717, 1.165) is 13.3 Å². The molecular formula is C10H20N2O4. The van der Waals surface area contributed by atoms with Gasteiger partial charge in [-0.3, -0.25) is 4.79 Å². The lowest BCUT2D eigenvalue weighted by Gasteiger charge is -2.18. The van der Waals surface area contributed by atoms with Crippen molar-refractivity contribution in [2.75, 3.05) is 6.54 Å². The van der Waals surface area contributed by atoms with Gasteiger partial charge in [-0.25, -0.2) is 4.79 Å². The van der Waals surface area contributed by atoms with Crippen molar-refractivity contribution < 1.29 is 19.8 Å². The molecule has 0 aliphatic carbocycles. The zero-order valence-corrected chi connectivity index (χ0v) is 9.69. The molecule has 0 fully saturated rings. The Labute approximate surface area is 94.8 Å². The molecule has 0 radical (unpaired) electrons. The highest BCUT2D eigenvalue weighted by atomic mass is 16.4. The van der Waals surface area contributed by atoms with Crippen LogP contribution in [0.1, 0.15) is 33.1 Å². The molecule has 0 spiro atoms. The number of hydrogen-bond donors (Lipinski definition) is 4. The normalized spacial score (nSPS) is 16.2. The number of carbonyl (C=O) groups excluding carboxylic acids is 1. The topological polar surface area (TPSA) is 113 Å². The molecule has 6 heteroatoms. The van der Waals surface area contributed by atoms with E-state index in [9.17, 15) is 14.7 Å². The monoisotopic (exact) mass is 232 g/mol. The SMILES string of the molecule is CC(N)CCCC(=O)NCC(C)(O)C(=O)O. The van der Waals surface area contributed by atoms with Crippen LogP contribution in [0.25, 0.3) is 0 Å². The van der Waals surface area contributed by atoms with Crippen molar-refractivity contribution in [3.8, 4) is 0 Å². The number of carboxylic acids is 1. The van der Waals surface area contributed by atoms with Gasteiger partial charge in [0.15, 0.2) is 5.60 Å². The fraction of sp³-hybridized carbons (Fsp3) is 0.800. The molecule has 0 saturated carbocycles. The molecule has 0 aromatic rings. The smallest absolute Gasteiger partial charge is 0.337 e. The molecular weight excluding hydrogens is 212 g/mol. The Morgan fingerprint density at radius 2 is 2.06 bits per heavy atom. The summed E-state index contributed by atoms with van der Waals surface area (Å²) in [5, 5.41) is 20.3. The molecule has 6 nitrogen and oxygen atoms in total. The van der Waals surface area contributed by atoms with Crippen LogP contribution in [-0.2, 0) is 9.59 Å². The van der Waals surface area contributed by atoms with Crippen LogP contribution in [0.15, 0.2) is 0 Å². The second-order valence-corrected chi connectivity index (χ2v) is 4.23. The Balaban J connectivity index is 3.77. The van der Waals surface area contributed by atoms with E-state index in [2.05, 4.69) is 5.32 Å². The number of carbonyl (C=O) groups is 2. The van der Waals surface area contributed by atoms with Crippen LogP contribution in [0.5, 0.6) is 0 Å². The number of aliphatic carboxylic acids is 1. The highest BCUT2D eigenvalue weighted by molar-refractivity contribution is 5.80. The van der Waals surface area contributed by atoms with E-state index < -0.39 is 11.6 Å². The lowest BCUT2D eigenvalue weighted by atomic mass is 10.1. The van der Waals surface area contributed by atoms with Crippen LogP contribution in [0.4, 0.5) is 0 Å². The lowest BCUT2D eigenvalue weighted by Crippen LogP contribution is -2.46. The van der Waals surface area contributed by atoms with E-state index in [0.29, 0.717) is 6.42 Å². The molecule has 16 heavy (non-hydrogen) atoms. The molecule has 2 unspecified atom stereocenters. The molecule has 5 N–H and O–H groups in total. The average molecular weight is 232 g/mol. The molecule has 0 saturated heterocycles. The van der Waals surface area contributed by atoms with E-state index in [1.54, 1.807) is 0 Å². The maximum atomic E-state index is 11.2. The van der Waals surface area contributed by atoms with Crippen LogP contribution in [0, 0.1) is 0 Å². The van der Waals surface area contributed by atoms with Gasteiger partial charge in [-0.05, 0) is 26.7 Å². The summed E-state index contributed by atoms with van der Waals surface area (Å²) in [6.45, 7) is 2.70. The predicted octanol–water partition coefficient (Wildman–Crippen LogP) is -0.544. The summed E-state index contributed by atoms with van der Waals surface area (Å²) in [5.41, 5.74) is 3.59. The van der Waals surface area contributed by atoms with Crippen molar-refractivity contribution in [2.45, 2.75) is 44.8 Å². The predicted molar refractivity (Wildman–Crippen MR) is 58.8 cm³/mol. The molecule has 0 aromatic heterocycles. The van der Waals surface area contributed by atoms with Gasteiger partial charge in [-0.15, -0.1) is 0 Å². The van der Waals surface area contributed by atoms with E-state index in [1.165, 1.54) is 0 Å². The maximum Gasteiger partial charge on any atom is 0.337 e. The third kappa shape index (κ3) is 6.36. The van der Waals surface area contributed by atoms with Gasteiger partial charge >= 0.3 is 5.97 Å². The van der Waals surface area contributed by atoms with Crippen molar-refractivity contribution in [3.05, 3.63) is 0 Å². The molecule has 94 valence electrons. The minimum absolute atomic E-state index is 0.0509. The number of nitrogens with two attached hydrogens (primary N) is 1. The van der Waals surface area contributed by atoms with E-state index >= 15 is 0 Å². The summed E-state index contributed by atoms with van der Waals surface area (Å²) in [6.07, 6.45) is 1.68. The van der Waals surface area contributed by atoms with Gasteiger partial charge in [0.2, 0.25) is 5.91 Å². The molecule has 2 atom stereocenters. The first kappa shape index (κ1) is 14.9.